The zero-order valence-electron chi connectivity index (χ0n) is 6.90. The molecule has 1 saturated heterocycles. The van der Waals surface area contributed by atoms with E-state index in [1.807, 2.05) is 0 Å². The molecule has 13 heavy (non-hydrogen) atoms. The van der Waals surface area contributed by atoms with E-state index in [0.717, 1.165) is 11.0 Å². The summed E-state index contributed by atoms with van der Waals surface area (Å²) in [6.07, 6.45) is 2.67. The minimum absolute atomic E-state index is 0.0595. The largest absolute Gasteiger partial charge is 0.478 e. The van der Waals surface area contributed by atoms with Crippen LogP contribution in [0.3, 0.4) is 0 Å². The molecule has 70 valence electrons. The summed E-state index contributed by atoms with van der Waals surface area (Å²) >= 11 is 0. The molecule has 2 amide bonds. The van der Waals surface area contributed by atoms with Gasteiger partial charge in [-0.25, -0.2) is 4.79 Å². The summed E-state index contributed by atoms with van der Waals surface area (Å²) in [6, 6.07) is 0. The van der Waals surface area contributed by atoms with E-state index >= 15 is 0 Å². The Labute approximate surface area is 74.6 Å². The van der Waals surface area contributed by atoms with Crippen LogP contribution in [0.2, 0.25) is 0 Å². The number of carboxylic acids is 1. The van der Waals surface area contributed by atoms with Gasteiger partial charge in [0.25, 0.3) is 0 Å². The molecule has 0 aromatic rings. The number of likely N-dealkylation sites (tertiary alicyclic amines) is 1. The second-order valence-corrected chi connectivity index (χ2v) is 2.64. The highest BCUT2D eigenvalue weighted by atomic mass is 16.4. The van der Waals surface area contributed by atoms with Gasteiger partial charge in [0.1, 0.15) is 0 Å². The van der Waals surface area contributed by atoms with E-state index in [-0.39, 0.29) is 31.2 Å². The van der Waals surface area contributed by atoms with Gasteiger partial charge < -0.3 is 5.11 Å². The number of carboxylic acid groups (broad SMARTS) is 1. The van der Waals surface area contributed by atoms with Gasteiger partial charge in [-0.2, -0.15) is 0 Å². The van der Waals surface area contributed by atoms with E-state index in [9.17, 15) is 14.4 Å². The average molecular weight is 183 g/mol. The summed E-state index contributed by atoms with van der Waals surface area (Å²) in [4.78, 5) is 33.1. The molecule has 1 aliphatic heterocycles. The number of carbonyl (C=O) groups excluding carboxylic acids is 2. The average Bonchev–Trinajstić information content (AvgIpc) is 2.34. The third-order valence-electron chi connectivity index (χ3n) is 1.70. The number of aliphatic carboxylic acids is 1. The standard InChI is InChI=1S/C8H9NO4/c10-6-3-4-7(11)9(6)5-1-2-8(12)13/h1-2H,3-5H2,(H,12,13). The Kier molecular flexibility index (Phi) is 2.79. The molecule has 0 spiro atoms. The number of hydrogen-bond acceptors (Lipinski definition) is 3. The molecule has 0 aromatic heterocycles. The van der Waals surface area contributed by atoms with Crippen LogP contribution in [0.15, 0.2) is 12.2 Å². The van der Waals surface area contributed by atoms with E-state index in [4.69, 9.17) is 5.11 Å². The Hall–Kier alpha value is -1.65. The molecule has 1 rings (SSSR count). The first-order chi connectivity index (χ1) is 6.11. The molecule has 1 aliphatic rings. The minimum atomic E-state index is -1.08. The van der Waals surface area contributed by atoms with Gasteiger partial charge in [-0.05, 0) is 0 Å². The van der Waals surface area contributed by atoms with Crippen LogP contribution in [-0.2, 0) is 14.4 Å². The van der Waals surface area contributed by atoms with Crippen molar-refractivity contribution in [2.45, 2.75) is 12.8 Å². The molecule has 5 heteroatoms. The molecule has 1 fully saturated rings. The van der Waals surface area contributed by atoms with Crippen molar-refractivity contribution < 1.29 is 19.5 Å². The number of carbonyl (C=O) groups is 3. The normalized spacial score (nSPS) is 17.4. The van der Waals surface area contributed by atoms with Gasteiger partial charge in [-0.3, -0.25) is 14.5 Å². The second kappa shape index (κ2) is 3.84. The van der Waals surface area contributed by atoms with Gasteiger partial charge in [0.2, 0.25) is 11.8 Å². The third-order valence-corrected chi connectivity index (χ3v) is 1.70. The molecule has 0 bridgehead atoms. The fourth-order valence-corrected chi connectivity index (χ4v) is 1.09. The van der Waals surface area contributed by atoms with E-state index in [2.05, 4.69) is 0 Å². The predicted molar refractivity (Wildman–Crippen MR) is 42.7 cm³/mol. The van der Waals surface area contributed by atoms with E-state index in [0.29, 0.717) is 0 Å². The number of imide groups is 1. The summed E-state index contributed by atoms with van der Waals surface area (Å²) in [5.74, 6) is -1.56. The Balaban J connectivity index is 2.49. The van der Waals surface area contributed by atoms with Gasteiger partial charge in [0.15, 0.2) is 0 Å². The van der Waals surface area contributed by atoms with Crippen molar-refractivity contribution in [3.63, 3.8) is 0 Å². The number of rotatable bonds is 3. The van der Waals surface area contributed by atoms with Crippen LogP contribution in [0.25, 0.3) is 0 Å². The quantitative estimate of drug-likeness (QED) is 0.484. The van der Waals surface area contributed by atoms with Crippen molar-refractivity contribution >= 4 is 17.8 Å². The lowest BCUT2D eigenvalue weighted by Gasteiger charge is -2.09. The lowest BCUT2D eigenvalue weighted by molar-refractivity contribution is -0.138. The van der Waals surface area contributed by atoms with Crippen molar-refractivity contribution in [3.05, 3.63) is 12.2 Å². The molecule has 0 atom stereocenters. The molecule has 0 aromatic carbocycles. The summed E-state index contributed by atoms with van der Waals surface area (Å²) in [5.41, 5.74) is 0. The minimum Gasteiger partial charge on any atom is -0.478 e. The monoisotopic (exact) mass is 183 g/mol. The Morgan fingerprint density at radius 3 is 2.38 bits per heavy atom. The first kappa shape index (κ1) is 9.44. The summed E-state index contributed by atoms with van der Waals surface area (Å²) in [6.45, 7) is 0.0595. The lowest BCUT2D eigenvalue weighted by atomic mass is 10.4. The van der Waals surface area contributed by atoms with Gasteiger partial charge in [0.05, 0.1) is 0 Å². The zero-order valence-corrected chi connectivity index (χ0v) is 6.90. The number of hydrogen-bond donors (Lipinski definition) is 1. The zero-order chi connectivity index (χ0) is 9.84. The van der Waals surface area contributed by atoms with E-state index in [1.165, 1.54) is 6.08 Å². The Bertz CT molecular complexity index is 266. The first-order valence-corrected chi connectivity index (χ1v) is 3.84. The summed E-state index contributed by atoms with van der Waals surface area (Å²) in [7, 11) is 0. The molecule has 0 unspecified atom stereocenters. The molecule has 5 nitrogen and oxygen atoms in total. The number of amides is 2. The van der Waals surface area contributed by atoms with Gasteiger partial charge in [-0.1, -0.05) is 6.08 Å². The third kappa shape index (κ3) is 2.40. The van der Waals surface area contributed by atoms with Crippen molar-refractivity contribution in [3.8, 4) is 0 Å². The fraction of sp³-hybridized carbons (Fsp3) is 0.375. The smallest absolute Gasteiger partial charge is 0.328 e. The van der Waals surface area contributed by atoms with Gasteiger partial charge in [0, 0.05) is 25.5 Å². The van der Waals surface area contributed by atoms with Crippen LogP contribution in [0.1, 0.15) is 12.8 Å². The van der Waals surface area contributed by atoms with Crippen LogP contribution in [0, 0.1) is 0 Å². The maximum Gasteiger partial charge on any atom is 0.328 e. The fourth-order valence-electron chi connectivity index (χ4n) is 1.09. The number of nitrogens with zero attached hydrogens (tertiary/aromatic N) is 1. The van der Waals surface area contributed by atoms with E-state index < -0.39 is 5.97 Å². The highest BCUT2D eigenvalue weighted by Crippen LogP contribution is 2.10. The van der Waals surface area contributed by atoms with Crippen molar-refractivity contribution in [2.75, 3.05) is 6.54 Å². The molecule has 1 heterocycles. The predicted octanol–water partition coefficient (Wildman–Crippen LogP) is -0.224. The molecular formula is C8H9NO4. The van der Waals surface area contributed by atoms with Crippen molar-refractivity contribution in [2.24, 2.45) is 0 Å². The van der Waals surface area contributed by atoms with Crippen molar-refractivity contribution in [1.82, 2.24) is 4.90 Å². The van der Waals surface area contributed by atoms with Gasteiger partial charge in [-0.15, -0.1) is 0 Å². The highest BCUT2D eigenvalue weighted by Gasteiger charge is 2.27. The maximum atomic E-state index is 11.0. The Morgan fingerprint density at radius 1 is 1.38 bits per heavy atom. The second-order valence-electron chi connectivity index (χ2n) is 2.64. The summed E-state index contributed by atoms with van der Waals surface area (Å²) in [5, 5.41) is 8.24. The Morgan fingerprint density at radius 2 is 1.92 bits per heavy atom. The van der Waals surface area contributed by atoms with Crippen LogP contribution >= 0.6 is 0 Å². The van der Waals surface area contributed by atoms with E-state index in [1.54, 1.807) is 0 Å². The van der Waals surface area contributed by atoms with Crippen molar-refractivity contribution in [1.29, 1.82) is 0 Å². The van der Waals surface area contributed by atoms with Crippen LogP contribution in [0.4, 0.5) is 0 Å². The van der Waals surface area contributed by atoms with Crippen LogP contribution < -0.4 is 0 Å². The lowest BCUT2D eigenvalue weighted by Crippen LogP contribution is -2.29. The summed E-state index contributed by atoms with van der Waals surface area (Å²) < 4.78 is 0. The topological polar surface area (TPSA) is 74.7 Å². The first-order valence-electron chi connectivity index (χ1n) is 3.84. The molecule has 0 aliphatic carbocycles. The van der Waals surface area contributed by atoms with Crippen LogP contribution in [0.5, 0.6) is 0 Å². The molecule has 0 saturated carbocycles. The van der Waals surface area contributed by atoms with Crippen LogP contribution in [-0.4, -0.2) is 34.3 Å². The highest BCUT2D eigenvalue weighted by molar-refractivity contribution is 6.02. The molecular weight excluding hydrogens is 174 g/mol. The molecule has 0 radical (unpaired) electrons. The maximum absolute atomic E-state index is 11.0. The van der Waals surface area contributed by atoms with Gasteiger partial charge >= 0.3 is 5.97 Å². The SMILES string of the molecule is O=C(O)C=CCN1C(=O)CCC1=O. The molecule has 1 N–H and O–H groups in total.